The van der Waals surface area contributed by atoms with Crippen molar-refractivity contribution in [2.45, 2.75) is 13.8 Å². The van der Waals surface area contributed by atoms with Crippen molar-refractivity contribution >= 4 is 44.5 Å². The van der Waals surface area contributed by atoms with Crippen molar-refractivity contribution in [1.82, 2.24) is 0 Å². The molecule has 0 saturated heterocycles. The second kappa shape index (κ2) is 8.80. The highest BCUT2D eigenvalue weighted by molar-refractivity contribution is 14.1. The third-order valence-corrected chi connectivity index (χ3v) is 4.05. The van der Waals surface area contributed by atoms with Crippen molar-refractivity contribution in [2.75, 3.05) is 7.11 Å². The summed E-state index contributed by atoms with van der Waals surface area (Å²) in [7, 11) is 1.57. The molecule has 0 amide bonds. The molecule has 0 unspecified atom stereocenters. The molecule has 0 radical (unpaired) electrons. The highest BCUT2D eigenvalue weighted by Crippen LogP contribution is 2.21. The van der Waals surface area contributed by atoms with Gasteiger partial charge in [-0.25, -0.2) is 0 Å². The first-order valence-electron chi connectivity index (χ1n) is 7.78. The predicted molar refractivity (Wildman–Crippen MR) is 107 cm³/mol. The van der Waals surface area contributed by atoms with Gasteiger partial charge in [0.05, 0.1) is 13.0 Å². The number of carbonyl (C=O) groups is 2. The van der Waals surface area contributed by atoms with E-state index in [9.17, 15) is 9.59 Å². The second-order valence-corrected chi connectivity index (χ2v) is 6.73. The number of halogens is 1. The fourth-order valence-corrected chi connectivity index (χ4v) is 2.33. The number of rotatable bonds is 6. The Morgan fingerprint density at radius 2 is 1.60 bits per heavy atom. The minimum atomic E-state index is -0.254. The molecule has 0 aliphatic carbocycles. The molecule has 2 aromatic carbocycles. The van der Waals surface area contributed by atoms with Crippen LogP contribution in [0.15, 0.2) is 42.5 Å². The molecule has 0 N–H and O–H groups in total. The van der Waals surface area contributed by atoms with Crippen LogP contribution in [0.4, 0.5) is 0 Å². The molecule has 130 valence electrons. The van der Waals surface area contributed by atoms with Crippen LogP contribution in [0.2, 0.25) is 0 Å². The van der Waals surface area contributed by atoms with Gasteiger partial charge in [-0.05, 0) is 41.5 Å². The maximum Gasteiger partial charge on any atom is 0.313 e. The highest BCUT2D eigenvalue weighted by atomic mass is 127. The molecule has 0 heterocycles. The number of hydrogen-bond acceptors (Lipinski definition) is 4. The Labute approximate surface area is 161 Å². The fourth-order valence-electron chi connectivity index (χ4n) is 2.02. The predicted octanol–water partition coefficient (Wildman–Crippen LogP) is 5.00. The van der Waals surface area contributed by atoms with Gasteiger partial charge >= 0.3 is 5.97 Å². The van der Waals surface area contributed by atoms with E-state index in [1.807, 2.05) is 36.4 Å². The second-order valence-electron chi connectivity index (χ2n) is 5.75. The average Bonchev–Trinajstić information content (AvgIpc) is 2.60. The molecule has 0 atom stereocenters. The minimum Gasteiger partial charge on any atom is -0.497 e. The molecule has 25 heavy (non-hydrogen) atoms. The van der Waals surface area contributed by atoms with Crippen LogP contribution in [-0.2, 0) is 4.79 Å². The van der Waals surface area contributed by atoms with Gasteiger partial charge in [0.15, 0.2) is 0 Å². The zero-order valence-corrected chi connectivity index (χ0v) is 16.4. The first-order chi connectivity index (χ1) is 11.9. The molecule has 4 nitrogen and oxygen atoms in total. The van der Waals surface area contributed by atoms with Crippen LogP contribution in [0.5, 0.6) is 11.5 Å². The highest BCUT2D eigenvalue weighted by Gasteiger charge is 2.09. The Balaban J connectivity index is 2.15. The fraction of sp³-hybridized carbons (Fsp3) is 0.200. The van der Waals surface area contributed by atoms with E-state index in [-0.39, 0.29) is 15.7 Å². The molecular formula is C20H19IO4. The molecule has 0 saturated carbocycles. The van der Waals surface area contributed by atoms with Gasteiger partial charge in [-0.1, -0.05) is 38.1 Å². The van der Waals surface area contributed by atoms with Crippen molar-refractivity contribution in [1.29, 1.82) is 0 Å². The Hall–Kier alpha value is -2.15. The summed E-state index contributed by atoms with van der Waals surface area (Å²) in [4.78, 5) is 23.2. The van der Waals surface area contributed by atoms with Gasteiger partial charge in [-0.15, -0.1) is 0 Å². The zero-order valence-electron chi connectivity index (χ0n) is 14.3. The van der Waals surface area contributed by atoms with Crippen LogP contribution in [0.3, 0.4) is 0 Å². The number of esters is 1. The number of benzene rings is 2. The van der Waals surface area contributed by atoms with E-state index in [1.165, 1.54) is 0 Å². The Morgan fingerprint density at radius 3 is 2.16 bits per heavy atom. The first kappa shape index (κ1) is 19.2. The van der Waals surface area contributed by atoms with Crippen LogP contribution < -0.4 is 9.47 Å². The third-order valence-electron chi connectivity index (χ3n) is 3.43. The quantitative estimate of drug-likeness (QED) is 0.204. The van der Waals surface area contributed by atoms with Crippen LogP contribution >= 0.6 is 22.6 Å². The van der Waals surface area contributed by atoms with E-state index in [1.54, 1.807) is 61.7 Å². The van der Waals surface area contributed by atoms with E-state index < -0.39 is 0 Å². The Bertz CT molecular complexity index is 792. The molecule has 0 aromatic heterocycles. The van der Waals surface area contributed by atoms with Crippen molar-refractivity contribution in [3.05, 3.63) is 59.2 Å². The molecule has 0 spiro atoms. The summed E-state index contributed by atoms with van der Waals surface area (Å²) in [6.07, 6.45) is 3.82. The summed E-state index contributed by atoms with van der Waals surface area (Å²) in [5.74, 6) is 0.742. The van der Waals surface area contributed by atoms with Crippen molar-refractivity contribution in [2.24, 2.45) is 5.92 Å². The summed E-state index contributed by atoms with van der Waals surface area (Å²) in [5, 5.41) is 0. The lowest BCUT2D eigenvalue weighted by Crippen LogP contribution is -2.14. The number of ether oxygens (including phenoxy) is 2. The van der Waals surface area contributed by atoms with Crippen LogP contribution in [0, 0.1) is 5.92 Å². The smallest absolute Gasteiger partial charge is 0.313 e. The summed E-state index contributed by atoms with van der Waals surface area (Å²) in [6.45, 7) is 3.59. The standard InChI is InChI=1S/C20H19IO4/c1-13(2)20(23)25-17-8-6-14(7-9-17)4-5-15-10-16(19(21)22)12-18(11-15)24-3/h4-13H,1-3H3/b5-4-. The van der Waals surface area contributed by atoms with Crippen LogP contribution in [-0.4, -0.2) is 16.9 Å². The largest absolute Gasteiger partial charge is 0.497 e. The first-order valence-corrected chi connectivity index (χ1v) is 8.85. The zero-order chi connectivity index (χ0) is 18.4. The summed E-state index contributed by atoms with van der Waals surface area (Å²) < 4.78 is 10.4. The van der Waals surface area contributed by atoms with Crippen molar-refractivity contribution < 1.29 is 19.1 Å². The van der Waals surface area contributed by atoms with E-state index in [0.29, 0.717) is 17.1 Å². The lowest BCUT2D eigenvalue weighted by Gasteiger charge is -2.06. The molecule has 2 aromatic rings. The topological polar surface area (TPSA) is 52.6 Å². The Morgan fingerprint density at radius 1 is 0.960 bits per heavy atom. The van der Waals surface area contributed by atoms with Gasteiger partial charge < -0.3 is 9.47 Å². The number of methoxy groups -OCH3 is 1. The molecule has 0 aliphatic heterocycles. The molecular weight excluding hydrogens is 431 g/mol. The SMILES string of the molecule is COc1cc(/C=C\c2ccc(OC(=O)C(C)C)cc2)cc(C(=O)I)c1. The van der Waals surface area contributed by atoms with Crippen molar-refractivity contribution in [3.63, 3.8) is 0 Å². The minimum absolute atomic E-state index is 0.0394. The lowest BCUT2D eigenvalue weighted by molar-refractivity contribution is -0.137. The van der Waals surface area contributed by atoms with E-state index in [4.69, 9.17) is 9.47 Å². The van der Waals surface area contributed by atoms with Crippen LogP contribution in [0.1, 0.15) is 35.3 Å². The normalized spacial score (nSPS) is 10.9. The maximum absolute atomic E-state index is 11.6. The van der Waals surface area contributed by atoms with Gasteiger partial charge in [0, 0.05) is 28.2 Å². The van der Waals surface area contributed by atoms with Gasteiger partial charge in [0.1, 0.15) is 11.5 Å². The van der Waals surface area contributed by atoms with E-state index in [2.05, 4.69) is 0 Å². The van der Waals surface area contributed by atoms with Crippen molar-refractivity contribution in [3.8, 4) is 11.5 Å². The third kappa shape index (κ3) is 5.70. The molecule has 0 bridgehead atoms. The molecule has 0 aliphatic rings. The maximum atomic E-state index is 11.6. The molecule has 2 rings (SSSR count). The van der Waals surface area contributed by atoms with E-state index >= 15 is 0 Å². The number of hydrogen-bond donors (Lipinski definition) is 0. The summed E-state index contributed by atoms with van der Waals surface area (Å²) in [5.41, 5.74) is 2.42. The lowest BCUT2D eigenvalue weighted by atomic mass is 10.1. The Kier molecular flexibility index (Phi) is 6.75. The molecule has 5 heteroatoms. The van der Waals surface area contributed by atoms with Gasteiger partial charge in [-0.2, -0.15) is 0 Å². The molecule has 0 fully saturated rings. The summed E-state index contributed by atoms with van der Waals surface area (Å²) >= 11 is 1.76. The van der Waals surface area contributed by atoms with Gasteiger partial charge in [0.2, 0.25) is 3.79 Å². The number of carbonyl (C=O) groups excluding carboxylic acids is 2. The summed E-state index contributed by atoms with van der Waals surface area (Å²) in [6, 6.07) is 12.6. The monoisotopic (exact) mass is 450 g/mol. The average molecular weight is 450 g/mol. The van der Waals surface area contributed by atoms with Gasteiger partial charge in [0.25, 0.3) is 0 Å². The van der Waals surface area contributed by atoms with E-state index in [0.717, 1.165) is 11.1 Å². The van der Waals surface area contributed by atoms with Crippen LogP contribution in [0.25, 0.3) is 12.2 Å². The van der Waals surface area contributed by atoms with Gasteiger partial charge in [-0.3, -0.25) is 9.59 Å².